The van der Waals surface area contributed by atoms with Crippen molar-refractivity contribution >= 4 is 5.91 Å². The Bertz CT molecular complexity index is 828. The minimum Gasteiger partial charge on any atom is -0.482 e. The summed E-state index contributed by atoms with van der Waals surface area (Å²) in [5, 5.41) is 2.77. The number of carbonyl (C=O) groups is 1. The van der Waals surface area contributed by atoms with Gasteiger partial charge in [-0.1, -0.05) is 12.1 Å². The van der Waals surface area contributed by atoms with Crippen LogP contribution in [0.4, 0.5) is 0 Å². The van der Waals surface area contributed by atoms with E-state index < -0.39 is 12.2 Å². The van der Waals surface area contributed by atoms with Crippen LogP contribution < -0.4 is 20.3 Å². The number of hydrogen-bond donors (Lipinski definition) is 2. The summed E-state index contributed by atoms with van der Waals surface area (Å²) in [7, 11) is 0. The molecule has 1 aromatic carbocycles. The lowest BCUT2D eigenvalue weighted by Crippen LogP contribution is -2.49. The van der Waals surface area contributed by atoms with E-state index in [9.17, 15) is 9.59 Å². The summed E-state index contributed by atoms with van der Waals surface area (Å²) >= 11 is 0. The van der Waals surface area contributed by atoms with Crippen LogP contribution >= 0.6 is 0 Å². The van der Waals surface area contributed by atoms with Crippen molar-refractivity contribution in [3.05, 3.63) is 57.5 Å². The quantitative estimate of drug-likeness (QED) is 0.901. The highest BCUT2D eigenvalue weighted by Crippen LogP contribution is 2.33. The van der Waals surface area contributed by atoms with Gasteiger partial charge in [0.15, 0.2) is 11.5 Å². The zero-order valence-corrected chi connectivity index (χ0v) is 13.9. The van der Waals surface area contributed by atoms with Crippen LogP contribution in [0.25, 0.3) is 0 Å². The van der Waals surface area contributed by atoms with Crippen molar-refractivity contribution in [1.82, 2.24) is 10.3 Å². The van der Waals surface area contributed by atoms with Crippen LogP contribution in [0, 0.1) is 13.8 Å². The maximum Gasteiger partial charge on any atom is 0.265 e. The van der Waals surface area contributed by atoms with Crippen LogP contribution in [0.3, 0.4) is 0 Å². The molecular formula is C18H20N2O4. The van der Waals surface area contributed by atoms with Crippen molar-refractivity contribution in [3.8, 4) is 11.5 Å². The maximum absolute atomic E-state index is 12.5. The molecule has 2 aromatic rings. The molecule has 1 aliphatic rings. The second kappa shape index (κ2) is 6.39. The van der Waals surface area contributed by atoms with Gasteiger partial charge in [-0.2, -0.15) is 0 Å². The molecule has 0 spiro atoms. The first kappa shape index (κ1) is 16.1. The number of aromatic nitrogens is 1. The van der Waals surface area contributed by atoms with Gasteiger partial charge in [0.25, 0.3) is 11.5 Å². The van der Waals surface area contributed by atoms with Crippen LogP contribution in [-0.2, 0) is 11.3 Å². The lowest BCUT2D eigenvalue weighted by molar-refractivity contribution is -0.133. The van der Waals surface area contributed by atoms with Gasteiger partial charge in [0.2, 0.25) is 6.10 Å². The van der Waals surface area contributed by atoms with Crippen LogP contribution in [0.5, 0.6) is 11.5 Å². The van der Waals surface area contributed by atoms with Gasteiger partial charge in [-0.25, -0.2) is 0 Å². The fourth-order valence-electron chi connectivity index (χ4n) is 2.78. The van der Waals surface area contributed by atoms with E-state index >= 15 is 0 Å². The fraction of sp³-hybridized carbons (Fsp3) is 0.333. The summed E-state index contributed by atoms with van der Waals surface area (Å²) in [6.45, 7) is 5.60. The summed E-state index contributed by atoms with van der Waals surface area (Å²) < 4.78 is 11.5. The molecule has 2 N–H and O–H groups in total. The zero-order chi connectivity index (χ0) is 17.3. The van der Waals surface area contributed by atoms with Crippen molar-refractivity contribution in [2.24, 2.45) is 0 Å². The third kappa shape index (κ3) is 3.13. The minimum atomic E-state index is -0.760. The van der Waals surface area contributed by atoms with E-state index in [1.165, 1.54) is 0 Å². The van der Waals surface area contributed by atoms with Gasteiger partial charge in [0.05, 0.1) is 0 Å². The monoisotopic (exact) mass is 328 g/mol. The normalized spacial score (nSPS) is 19.0. The molecule has 6 heteroatoms. The highest BCUT2D eigenvalue weighted by atomic mass is 16.6. The molecule has 24 heavy (non-hydrogen) atoms. The van der Waals surface area contributed by atoms with E-state index in [1.807, 2.05) is 32.0 Å². The Morgan fingerprint density at radius 2 is 1.88 bits per heavy atom. The SMILES string of the molecule is Cc1cc(C)c(CNC(=O)C2Oc3ccccc3OC2C)c(=O)[nH]1. The molecule has 0 aliphatic carbocycles. The molecule has 1 aromatic heterocycles. The van der Waals surface area contributed by atoms with E-state index in [0.717, 1.165) is 11.3 Å². The molecule has 0 saturated carbocycles. The second-order valence-electron chi connectivity index (χ2n) is 5.97. The van der Waals surface area contributed by atoms with E-state index in [0.29, 0.717) is 17.1 Å². The number of ether oxygens (including phenoxy) is 2. The number of amides is 1. The van der Waals surface area contributed by atoms with Crippen molar-refractivity contribution < 1.29 is 14.3 Å². The highest BCUT2D eigenvalue weighted by molar-refractivity contribution is 5.82. The van der Waals surface area contributed by atoms with E-state index in [1.54, 1.807) is 19.1 Å². The summed E-state index contributed by atoms with van der Waals surface area (Å²) in [6, 6.07) is 9.11. The number of aryl methyl sites for hydroxylation is 2. The molecule has 0 bridgehead atoms. The molecule has 2 atom stereocenters. The number of nitrogens with one attached hydrogen (secondary N) is 2. The van der Waals surface area contributed by atoms with Gasteiger partial charge >= 0.3 is 0 Å². The zero-order valence-electron chi connectivity index (χ0n) is 13.9. The molecule has 3 rings (SSSR count). The number of pyridine rings is 1. The lowest BCUT2D eigenvalue weighted by atomic mass is 10.1. The van der Waals surface area contributed by atoms with E-state index in [2.05, 4.69) is 10.3 Å². The molecule has 1 aliphatic heterocycles. The van der Waals surface area contributed by atoms with Crippen molar-refractivity contribution in [3.63, 3.8) is 0 Å². The molecule has 2 unspecified atom stereocenters. The summed E-state index contributed by atoms with van der Waals surface area (Å²) in [5.74, 6) is 0.858. The molecular weight excluding hydrogens is 308 g/mol. The predicted molar refractivity (Wildman–Crippen MR) is 89.3 cm³/mol. The number of fused-ring (bicyclic) bond motifs is 1. The molecule has 1 amide bonds. The van der Waals surface area contributed by atoms with Gasteiger partial charge in [0.1, 0.15) is 6.10 Å². The van der Waals surface area contributed by atoms with Crippen LogP contribution in [0.15, 0.2) is 35.1 Å². The Morgan fingerprint density at radius 1 is 1.21 bits per heavy atom. The summed E-state index contributed by atoms with van der Waals surface area (Å²) in [5.41, 5.74) is 1.99. The number of H-pyrrole nitrogens is 1. The fourth-order valence-corrected chi connectivity index (χ4v) is 2.78. The molecule has 126 valence electrons. The third-order valence-corrected chi connectivity index (χ3v) is 4.03. The van der Waals surface area contributed by atoms with Gasteiger partial charge in [-0.05, 0) is 44.5 Å². The Morgan fingerprint density at radius 3 is 2.54 bits per heavy atom. The predicted octanol–water partition coefficient (Wildman–Crippen LogP) is 1.84. The number of rotatable bonds is 3. The van der Waals surface area contributed by atoms with Crippen LogP contribution in [0.2, 0.25) is 0 Å². The summed E-state index contributed by atoms with van der Waals surface area (Å²) in [4.78, 5) is 27.2. The molecule has 0 radical (unpaired) electrons. The largest absolute Gasteiger partial charge is 0.482 e. The second-order valence-corrected chi connectivity index (χ2v) is 5.97. The standard InChI is InChI=1S/C18H20N2O4/c1-10-8-11(2)20-17(21)13(10)9-19-18(22)16-12(3)23-14-6-4-5-7-15(14)24-16/h4-8,12,16H,9H2,1-3H3,(H,19,22)(H,20,21). The molecule has 0 saturated heterocycles. The third-order valence-electron chi connectivity index (χ3n) is 4.03. The maximum atomic E-state index is 12.5. The summed E-state index contributed by atoms with van der Waals surface area (Å²) in [6.07, 6.45) is -1.18. The highest BCUT2D eigenvalue weighted by Gasteiger charge is 2.33. The Labute approximate surface area is 139 Å². The lowest BCUT2D eigenvalue weighted by Gasteiger charge is -2.31. The topological polar surface area (TPSA) is 80.4 Å². The van der Waals surface area contributed by atoms with Gasteiger partial charge in [-0.3, -0.25) is 9.59 Å². The first-order chi connectivity index (χ1) is 11.5. The first-order valence-corrected chi connectivity index (χ1v) is 7.85. The molecule has 0 fully saturated rings. The number of aromatic amines is 1. The van der Waals surface area contributed by atoms with E-state index in [4.69, 9.17) is 9.47 Å². The average molecular weight is 328 g/mol. The van der Waals surface area contributed by atoms with Crippen LogP contribution in [-0.4, -0.2) is 23.1 Å². The van der Waals surface area contributed by atoms with Crippen LogP contribution in [0.1, 0.15) is 23.7 Å². The van der Waals surface area contributed by atoms with Crippen molar-refractivity contribution in [2.75, 3.05) is 0 Å². The van der Waals surface area contributed by atoms with Gasteiger partial charge in [0, 0.05) is 17.8 Å². The number of para-hydroxylation sites is 2. The van der Waals surface area contributed by atoms with Gasteiger partial charge < -0.3 is 19.8 Å². The number of benzene rings is 1. The molecule has 2 heterocycles. The minimum absolute atomic E-state index is 0.147. The van der Waals surface area contributed by atoms with Crippen molar-refractivity contribution in [1.29, 1.82) is 0 Å². The number of carbonyl (C=O) groups excluding carboxylic acids is 1. The average Bonchev–Trinajstić information content (AvgIpc) is 2.53. The molecule has 6 nitrogen and oxygen atoms in total. The Balaban J connectivity index is 1.71. The first-order valence-electron chi connectivity index (χ1n) is 7.85. The Kier molecular flexibility index (Phi) is 4.29. The number of hydrogen-bond acceptors (Lipinski definition) is 4. The smallest absolute Gasteiger partial charge is 0.265 e. The Hall–Kier alpha value is -2.76. The van der Waals surface area contributed by atoms with E-state index in [-0.39, 0.29) is 18.0 Å². The van der Waals surface area contributed by atoms with Crippen molar-refractivity contribution in [2.45, 2.75) is 39.5 Å². The van der Waals surface area contributed by atoms with Gasteiger partial charge in [-0.15, -0.1) is 0 Å².